The van der Waals surface area contributed by atoms with Gasteiger partial charge in [0.05, 0.1) is 0 Å². The molecule has 0 aromatic rings. The Morgan fingerprint density at radius 2 is 2.00 bits per heavy atom. The molecule has 5 heteroatoms. The monoisotopic (exact) mass is 182 g/mol. The van der Waals surface area contributed by atoms with Gasteiger partial charge >= 0.3 is 18.2 Å². The normalized spacial score (nSPS) is 15.5. The quantitative estimate of drug-likeness (QED) is 0.493. The Kier molecular flexibility index (Phi) is 3.30. The molecule has 0 spiro atoms. The van der Waals surface area contributed by atoms with Gasteiger partial charge in [0.1, 0.15) is 0 Å². The second-order valence-electron chi connectivity index (χ2n) is 2.46. The summed E-state index contributed by atoms with van der Waals surface area (Å²) in [7, 11) is 0. The highest BCUT2D eigenvalue weighted by molar-refractivity contribution is 5.87. The molecule has 12 heavy (non-hydrogen) atoms. The van der Waals surface area contributed by atoms with Crippen LogP contribution in [0.25, 0.3) is 0 Å². The van der Waals surface area contributed by atoms with Crippen molar-refractivity contribution < 1.29 is 22.7 Å². The van der Waals surface area contributed by atoms with Crippen LogP contribution in [0.3, 0.4) is 0 Å². The third kappa shape index (κ3) is 2.94. The number of ether oxygens (including phenoxy) is 1. The number of hydrogen-bond acceptors (Lipinski definition) is 2. The smallest absolute Gasteiger partial charge is 0.336 e. The molecule has 1 unspecified atom stereocenters. The van der Waals surface area contributed by atoms with Crippen molar-refractivity contribution in [3.05, 3.63) is 12.2 Å². The van der Waals surface area contributed by atoms with Gasteiger partial charge in [-0.05, 0) is 6.92 Å². The van der Waals surface area contributed by atoms with Crippen LogP contribution in [0, 0.1) is 0 Å². The fourth-order valence-electron chi connectivity index (χ4n) is 0.313. The maximum absolute atomic E-state index is 12.6. The fourth-order valence-corrected chi connectivity index (χ4v) is 0.313. The van der Waals surface area contributed by atoms with Crippen molar-refractivity contribution in [1.82, 2.24) is 0 Å². The number of carbonyl (C=O) groups is 1. The molecule has 1 atom stereocenters. The zero-order valence-corrected chi connectivity index (χ0v) is 6.73. The maximum Gasteiger partial charge on any atom is 0.336 e. The number of esters is 1. The van der Waals surface area contributed by atoms with E-state index in [2.05, 4.69) is 11.3 Å². The zero-order valence-electron chi connectivity index (χ0n) is 6.73. The van der Waals surface area contributed by atoms with Crippen molar-refractivity contribution in [3.8, 4) is 0 Å². The third-order valence-electron chi connectivity index (χ3n) is 1.03. The largest absolute Gasteiger partial charge is 0.419 e. The van der Waals surface area contributed by atoms with Crippen LogP contribution < -0.4 is 0 Å². The van der Waals surface area contributed by atoms with Gasteiger partial charge in [-0.15, -0.1) is 0 Å². The Labute approximate surface area is 68.0 Å². The standard InChI is InChI=1S/C7H9F3O2/c1-4(2)5(11)12-7(3,10)6(8)9/h6H,1H2,2-3H3. The summed E-state index contributed by atoms with van der Waals surface area (Å²) >= 11 is 0. The van der Waals surface area contributed by atoms with Gasteiger partial charge in [0.2, 0.25) is 0 Å². The Morgan fingerprint density at radius 3 is 2.25 bits per heavy atom. The molecule has 0 aliphatic rings. The molecule has 2 nitrogen and oxygen atoms in total. The third-order valence-corrected chi connectivity index (χ3v) is 1.03. The summed E-state index contributed by atoms with van der Waals surface area (Å²) in [6.07, 6.45) is -3.36. The number of carbonyl (C=O) groups excluding carboxylic acids is 1. The van der Waals surface area contributed by atoms with Gasteiger partial charge in [-0.3, -0.25) is 0 Å². The van der Waals surface area contributed by atoms with Crippen LogP contribution in [0.1, 0.15) is 13.8 Å². The van der Waals surface area contributed by atoms with Gasteiger partial charge in [0.15, 0.2) is 0 Å². The van der Waals surface area contributed by atoms with Crippen molar-refractivity contribution >= 4 is 5.97 Å². The highest BCUT2D eigenvalue weighted by Crippen LogP contribution is 2.22. The summed E-state index contributed by atoms with van der Waals surface area (Å²) in [5.41, 5.74) is -0.125. The molecule has 0 aliphatic carbocycles. The van der Waals surface area contributed by atoms with Gasteiger partial charge < -0.3 is 4.74 Å². The van der Waals surface area contributed by atoms with Crippen molar-refractivity contribution in [2.45, 2.75) is 26.1 Å². The van der Waals surface area contributed by atoms with Gasteiger partial charge in [-0.25, -0.2) is 13.6 Å². The number of alkyl halides is 3. The van der Waals surface area contributed by atoms with Crippen molar-refractivity contribution in [1.29, 1.82) is 0 Å². The van der Waals surface area contributed by atoms with Crippen LogP contribution in [-0.4, -0.2) is 18.2 Å². The molecular weight excluding hydrogens is 173 g/mol. The Hall–Kier alpha value is -1.00. The predicted molar refractivity (Wildman–Crippen MR) is 36.4 cm³/mol. The average molecular weight is 182 g/mol. The lowest BCUT2D eigenvalue weighted by Gasteiger charge is -2.19. The first-order chi connectivity index (χ1) is 5.27. The van der Waals surface area contributed by atoms with Crippen LogP contribution >= 0.6 is 0 Å². The molecule has 0 heterocycles. The van der Waals surface area contributed by atoms with Crippen molar-refractivity contribution in [3.63, 3.8) is 0 Å². The Balaban J connectivity index is 4.25. The average Bonchev–Trinajstić information content (AvgIpc) is 1.85. The predicted octanol–water partition coefficient (Wildman–Crippen LogP) is 2.06. The van der Waals surface area contributed by atoms with Crippen LogP contribution in [0.2, 0.25) is 0 Å². The first-order valence-corrected chi connectivity index (χ1v) is 3.13. The van der Waals surface area contributed by atoms with Crippen molar-refractivity contribution in [2.75, 3.05) is 0 Å². The first-order valence-electron chi connectivity index (χ1n) is 3.13. The molecule has 0 rings (SSSR count). The van der Waals surface area contributed by atoms with E-state index in [0.29, 0.717) is 6.92 Å². The van der Waals surface area contributed by atoms with E-state index in [1.165, 1.54) is 6.92 Å². The number of halogens is 3. The summed E-state index contributed by atoms with van der Waals surface area (Å²) in [5.74, 6) is -4.41. The summed E-state index contributed by atoms with van der Waals surface area (Å²) in [6.45, 7) is 4.84. The van der Waals surface area contributed by atoms with Gasteiger partial charge in [-0.1, -0.05) is 6.58 Å². The van der Waals surface area contributed by atoms with E-state index in [0.717, 1.165) is 0 Å². The van der Waals surface area contributed by atoms with E-state index in [1.54, 1.807) is 0 Å². The minimum absolute atomic E-state index is 0.125. The topological polar surface area (TPSA) is 26.3 Å². The van der Waals surface area contributed by atoms with Crippen LogP contribution in [0.5, 0.6) is 0 Å². The summed E-state index contributed by atoms with van der Waals surface area (Å²) < 4.78 is 39.9. The summed E-state index contributed by atoms with van der Waals surface area (Å²) in [4.78, 5) is 10.6. The molecule has 0 aliphatic heterocycles. The van der Waals surface area contributed by atoms with Crippen LogP contribution in [-0.2, 0) is 9.53 Å². The summed E-state index contributed by atoms with van der Waals surface area (Å²) in [5, 5.41) is 0. The first kappa shape index (κ1) is 11.0. The fraction of sp³-hybridized carbons (Fsp3) is 0.571. The van der Waals surface area contributed by atoms with Crippen LogP contribution in [0.15, 0.2) is 12.2 Å². The van der Waals surface area contributed by atoms with Gasteiger partial charge in [-0.2, -0.15) is 4.39 Å². The zero-order chi connectivity index (χ0) is 9.94. The lowest BCUT2D eigenvalue weighted by molar-refractivity contribution is -0.209. The van der Waals surface area contributed by atoms with Crippen molar-refractivity contribution in [2.24, 2.45) is 0 Å². The second kappa shape index (κ2) is 3.60. The molecule has 0 amide bonds. The van der Waals surface area contributed by atoms with E-state index in [4.69, 9.17) is 0 Å². The van der Waals surface area contributed by atoms with E-state index >= 15 is 0 Å². The molecule has 0 N–H and O–H groups in total. The minimum Gasteiger partial charge on any atom is -0.419 e. The molecule has 0 bridgehead atoms. The lowest BCUT2D eigenvalue weighted by Crippen LogP contribution is -2.34. The van der Waals surface area contributed by atoms with Gasteiger partial charge in [0.25, 0.3) is 0 Å². The minimum atomic E-state index is -3.36. The molecule has 0 saturated carbocycles. The summed E-state index contributed by atoms with van der Waals surface area (Å²) in [6, 6.07) is 0. The lowest BCUT2D eigenvalue weighted by atomic mass is 10.3. The highest BCUT2D eigenvalue weighted by Gasteiger charge is 2.39. The van der Waals surface area contributed by atoms with Gasteiger partial charge in [0, 0.05) is 12.5 Å². The Morgan fingerprint density at radius 1 is 1.58 bits per heavy atom. The SMILES string of the molecule is C=C(C)C(=O)OC(C)(F)C(F)F. The maximum atomic E-state index is 12.6. The van der Waals surface area contributed by atoms with Crippen LogP contribution in [0.4, 0.5) is 13.2 Å². The van der Waals surface area contributed by atoms with E-state index in [1.807, 2.05) is 0 Å². The molecule has 0 radical (unpaired) electrons. The molecular formula is C7H9F3O2. The molecule has 0 saturated heterocycles. The van der Waals surface area contributed by atoms with E-state index in [-0.39, 0.29) is 5.57 Å². The number of hydrogen-bond donors (Lipinski definition) is 0. The molecule has 70 valence electrons. The molecule has 0 fully saturated rings. The molecule has 0 aromatic heterocycles. The number of rotatable bonds is 3. The van der Waals surface area contributed by atoms with E-state index in [9.17, 15) is 18.0 Å². The second-order valence-corrected chi connectivity index (χ2v) is 2.46. The van der Waals surface area contributed by atoms with E-state index < -0.39 is 18.2 Å². The Bertz CT molecular complexity index is 199. The highest BCUT2D eigenvalue weighted by atomic mass is 19.3. The molecule has 0 aromatic carbocycles.